The Morgan fingerprint density at radius 2 is 1.02 bits per heavy atom. The van der Waals surface area contributed by atoms with E-state index in [2.05, 4.69) is 115 Å². The first-order valence-electron chi connectivity index (χ1n) is 43.0. The minimum absolute atomic E-state index is 0.0286. The topological polar surface area (TPSA) is 731 Å². The maximum atomic E-state index is 14.9. The van der Waals surface area contributed by atoms with E-state index >= 15 is 0 Å². The summed E-state index contributed by atoms with van der Waals surface area (Å²) in [5.41, 5.74) is 29.4. The van der Waals surface area contributed by atoms with Gasteiger partial charge in [0.15, 0.2) is 5.96 Å². The number of aliphatic carboxylic acids is 1. The third-order valence-corrected chi connectivity index (χ3v) is 21.9. The Balaban J connectivity index is 1.10. The van der Waals surface area contributed by atoms with E-state index in [0.29, 0.717) is 28.8 Å². The van der Waals surface area contributed by atoms with Gasteiger partial charge in [0, 0.05) is 74.1 Å². The van der Waals surface area contributed by atoms with Crippen LogP contribution in [0.2, 0.25) is 0 Å². The standard InChI is InChI=1S/C85H122N24O22S2/c1-44(2)32-54(75(122)104-59(35-49-23-25-51(111)26-24-49)82(129)109-31-14-21-61(109)79(126)105-60(42-132)78(125)103-58(37-64(88)113)72(119)95-41-67(116)108-30-15-22-62(108)83(130)131)98-65(114)39-93-70(117)45(3)97-74(121)55(33-47-16-9-7-10-17-47)102-76(123)57(36-50-38-91-43-96-50)99-66(115)40-94-80(127)68(46(4)110)106-81(128)69(85(5,6)133)107-77(124)56(34-48-18-11-8-12-19-48)101-73(120)53(20-13-29-92-84(89)90)100-71(118)52(86)27-28-63(87)112/h7-12,16-19,23-26,38,43-46,52-62,68-69,110-111,132-133H,13-15,20-22,27-37,39-42,86H2,1-6H3,(H2,87,112)(H2,88,113)(H,91,96)(H,93,117)(H,94,127)(H,95,119)(H,97,121)(H,98,114)(H,99,115)(H,100,118)(H,101,120)(H,102,123)(H,103,125)(H,104,122)(H,105,126)(H,106,128)(H,107,124)(H,130,131)(H4,89,90,92)/t45-,46-,52+,53+,54+,55+,56+,57+,58+,59+,60+,61+,62+,68+,69-/m1/s1. The lowest BCUT2D eigenvalue weighted by Crippen LogP contribution is -2.64. The second-order valence-corrected chi connectivity index (χ2v) is 34.7. The van der Waals surface area contributed by atoms with Gasteiger partial charge in [0.2, 0.25) is 106 Å². The lowest BCUT2D eigenvalue weighted by molar-refractivity contribution is -0.148. The first kappa shape index (κ1) is 108. The number of amides is 18. The molecule has 2 saturated heterocycles. The van der Waals surface area contributed by atoms with Crippen molar-refractivity contribution < 1.29 is 106 Å². The molecular weight excluding hydrogens is 1770 g/mol. The average Bonchev–Trinajstić information content (AvgIpc) is 1.57. The maximum absolute atomic E-state index is 14.9. The van der Waals surface area contributed by atoms with Crippen LogP contribution in [-0.4, -0.2) is 294 Å². The van der Waals surface area contributed by atoms with E-state index in [1.165, 1.54) is 62.5 Å². The maximum Gasteiger partial charge on any atom is 0.326 e. The lowest BCUT2D eigenvalue weighted by Gasteiger charge is -2.33. The second-order valence-electron chi connectivity index (χ2n) is 33.2. The minimum Gasteiger partial charge on any atom is -0.508 e. The predicted octanol–water partition coefficient (Wildman–Crippen LogP) is -7.26. The first-order chi connectivity index (χ1) is 62.8. The van der Waals surface area contributed by atoms with E-state index in [9.17, 15) is 106 Å². The number of carbonyl (C=O) groups excluding carboxylic acids is 18. The molecule has 1 aromatic heterocycles. The van der Waals surface area contributed by atoms with Crippen molar-refractivity contribution in [2.75, 3.05) is 45.0 Å². The van der Waals surface area contributed by atoms with Crippen LogP contribution in [0.1, 0.15) is 128 Å². The van der Waals surface area contributed by atoms with Crippen LogP contribution < -0.4 is 103 Å². The van der Waals surface area contributed by atoms with E-state index < -0.39 is 234 Å². The monoisotopic (exact) mass is 1890 g/mol. The number of H-pyrrole nitrogens is 1. The van der Waals surface area contributed by atoms with Crippen LogP contribution in [0.4, 0.5) is 0 Å². The summed E-state index contributed by atoms with van der Waals surface area (Å²) in [6.07, 6.45) is -0.235. The molecule has 2 fully saturated rings. The van der Waals surface area contributed by atoms with Gasteiger partial charge in [-0.2, -0.15) is 25.3 Å². The number of aliphatic hydroxyl groups excluding tert-OH is 1. The van der Waals surface area contributed by atoms with Gasteiger partial charge in [0.25, 0.3) is 0 Å². The number of benzene rings is 3. The highest BCUT2D eigenvalue weighted by molar-refractivity contribution is 7.81. The summed E-state index contributed by atoms with van der Waals surface area (Å²) in [7, 11) is 0. The first-order valence-corrected chi connectivity index (χ1v) is 44.1. The molecule has 15 atom stereocenters. The van der Waals surface area contributed by atoms with Crippen molar-refractivity contribution in [1.82, 2.24) is 94.2 Å². The number of hydrogen-bond acceptors (Lipinski definition) is 26. The predicted molar refractivity (Wildman–Crippen MR) is 486 cm³/mol. The molecule has 18 amide bonds. The SMILES string of the molecule is CC(C)C[C@H](NC(=O)CNC(=O)[C@@H](C)NC(=O)[C@H](Cc1ccccc1)NC(=O)[C@H](Cc1cnc[nH]1)NC(=O)CNC(=O)[C@@H](NC(=O)[C@@H](NC(=O)[C@H](Cc1ccccc1)NC(=O)[C@H](CCCN=C(N)N)NC(=O)[C@@H](N)CCC(N)=O)C(C)(C)S)[C@@H](C)O)C(=O)N[C@@H](Cc1ccc(O)cc1)C(=O)N1CCC[C@H]1C(=O)N[C@@H](CS)C(=O)N[C@@H](CC(N)=O)C(=O)NCC(=O)N1CCC[C@H]1C(=O)O. The van der Waals surface area contributed by atoms with Gasteiger partial charge < -0.3 is 133 Å². The summed E-state index contributed by atoms with van der Waals surface area (Å²) in [5.74, 6) is -19.0. The zero-order chi connectivity index (χ0) is 98.5. The van der Waals surface area contributed by atoms with Crippen LogP contribution in [0, 0.1) is 5.92 Å². The minimum atomic E-state index is -1.85. The molecule has 0 bridgehead atoms. The number of carboxylic acids is 1. The van der Waals surface area contributed by atoms with Gasteiger partial charge in [-0.15, -0.1) is 0 Å². The number of nitrogens with two attached hydrogens (primary N) is 5. The number of imidazole rings is 1. The molecule has 3 aromatic carbocycles. The number of hydrogen-bond donors (Lipinski definition) is 25. The van der Waals surface area contributed by atoms with Crippen molar-refractivity contribution >= 4 is 144 Å². The number of thiol groups is 2. The van der Waals surface area contributed by atoms with Gasteiger partial charge >= 0.3 is 5.97 Å². The Hall–Kier alpha value is -13.5. The van der Waals surface area contributed by atoms with Gasteiger partial charge in [-0.25, -0.2) is 9.78 Å². The van der Waals surface area contributed by atoms with Crippen LogP contribution in [0.25, 0.3) is 0 Å². The average molecular weight is 1900 g/mol. The summed E-state index contributed by atoms with van der Waals surface area (Å²) in [4.78, 5) is 273. The second kappa shape index (κ2) is 53.1. The van der Waals surface area contributed by atoms with Crippen molar-refractivity contribution in [3.63, 3.8) is 0 Å². The fourth-order valence-electron chi connectivity index (χ4n) is 14.3. The Bertz CT molecular complexity index is 4760. The number of nitrogens with zero attached hydrogens (tertiary/aromatic N) is 4. The number of likely N-dealkylation sites (tertiary alicyclic amines) is 2. The number of nitrogens with one attached hydrogen (secondary N) is 15. The third kappa shape index (κ3) is 36.3. The fraction of sp³-hybridized carbons (Fsp3) is 0.518. The highest BCUT2D eigenvalue weighted by Crippen LogP contribution is 2.24. The fourth-order valence-corrected chi connectivity index (χ4v) is 14.7. The van der Waals surface area contributed by atoms with Gasteiger partial charge in [0.1, 0.15) is 84.3 Å². The van der Waals surface area contributed by atoms with Gasteiger partial charge in [-0.1, -0.05) is 86.6 Å². The van der Waals surface area contributed by atoms with Crippen LogP contribution in [0.5, 0.6) is 5.75 Å². The van der Waals surface area contributed by atoms with Crippen LogP contribution in [-0.2, 0) is 117 Å². The van der Waals surface area contributed by atoms with Gasteiger partial charge in [-0.05, 0) is 114 Å². The Kier molecular flexibility index (Phi) is 43.2. The molecule has 0 saturated carbocycles. The van der Waals surface area contributed by atoms with E-state index in [1.54, 1.807) is 74.5 Å². The summed E-state index contributed by atoms with van der Waals surface area (Å²) >= 11 is 8.83. The number of aromatic amines is 1. The molecule has 48 heteroatoms. The molecular formula is C85H122N24O22S2. The van der Waals surface area contributed by atoms with Crippen molar-refractivity contribution in [2.24, 2.45) is 39.6 Å². The molecule has 0 unspecified atom stereocenters. The van der Waals surface area contributed by atoms with Crippen molar-refractivity contribution in [2.45, 2.75) is 227 Å². The Morgan fingerprint density at radius 3 is 1.56 bits per heavy atom. The molecule has 2 aliphatic rings. The lowest BCUT2D eigenvalue weighted by atomic mass is 9.99. The number of carbonyl (C=O) groups is 19. The Labute approximate surface area is 777 Å². The molecule has 0 spiro atoms. The van der Waals surface area contributed by atoms with Crippen molar-refractivity contribution in [3.8, 4) is 5.75 Å². The molecule has 2 aliphatic heterocycles. The summed E-state index contributed by atoms with van der Waals surface area (Å²) in [6.45, 7) is 6.50. The number of phenols is 1. The number of aliphatic hydroxyl groups is 1. The van der Waals surface area contributed by atoms with Crippen molar-refractivity contribution in [1.29, 1.82) is 0 Å². The number of aromatic nitrogens is 2. The molecule has 4 aromatic rings. The molecule has 0 aliphatic carbocycles. The number of aliphatic imine (C=N–C) groups is 1. The number of rotatable bonds is 53. The molecule has 46 nitrogen and oxygen atoms in total. The van der Waals surface area contributed by atoms with E-state index in [4.69, 9.17) is 28.7 Å². The van der Waals surface area contributed by atoms with E-state index in [0.717, 1.165) is 11.8 Å². The number of guanidine groups is 1. The zero-order valence-electron chi connectivity index (χ0n) is 74.5. The molecule has 3 heterocycles. The highest BCUT2D eigenvalue weighted by atomic mass is 32.1. The molecule has 28 N–H and O–H groups in total. The molecule has 0 radical (unpaired) electrons. The molecule has 133 heavy (non-hydrogen) atoms. The van der Waals surface area contributed by atoms with E-state index in [-0.39, 0.29) is 120 Å². The van der Waals surface area contributed by atoms with Crippen LogP contribution in [0.15, 0.2) is 102 Å². The number of phenolic OH excluding ortho intramolecular Hbond substituents is 1. The third-order valence-electron chi connectivity index (χ3n) is 21.3. The summed E-state index contributed by atoms with van der Waals surface area (Å²) < 4.78 is -1.48. The van der Waals surface area contributed by atoms with E-state index in [1.807, 2.05) is 0 Å². The largest absolute Gasteiger partial charge is 0.508 e. The quantitative estimate of drug-likeness (QED) is 0.00845. The number of carboxylic acid groups (broad SMARTS) is 1. The molecule has 726 valence electrons. The van der Waals surface area contributed by atoms with Gasteiger partial charge in [-0.3, -0.25) is 91.3 Å². The van der Waals surface area contributed by atoms with Crippen LogP contribution in [0.3, 0.4) is 0 Å². The van der Waals surface area contributed by atoms with Crippen molar-refractivity contribution in [3.05, 3.63) is 120 Å². The van der Waals surface area contributed by atoms with Gasteiger partial charge in [0.05, 0.1) is 44.5 Å². The normalized spacial score (nSPS) is 16.4. The number of aromatic hydroxyl groups is 1. The zero-order valence-corrected chi connectivity index (χ0v) is 76.3. The summed E-state index contributed by atoms with van der Waals surface area (Å²) in [5, 5.41) is 65.7. The smallest absolute Gasteiger partial charge is 0.326 e. The highest BCUT2D eigenvalue weighted by Gasteiger charge is 2.44. The Morgan fingerprint density at radius 1 is 0.526 bits per heavy atom. The molecule has 6 rings (SSSR count). The van der Waals surface area contributed by atoms with Crippen LogP contribution >= 0.6 is 25.3 Å². The number of primary amides is 2. The summed E-state index contributed by atoms with van der Waals surface area (Å²) in [6, 6.07) is 1.73.